The molecule has 1 N–H and O–H groups in total. The summed E-state index contributed by atoms with van der Waals surface area (Å²) in [6, 6.07) is 0. The van der Waals surface area contributed by atoms with Gasteiger partial charge >= 0.3 is 0 Å². The van der Waals surface area contributed by atoms with Crippen molar-refractivity contribution < 1.29 is 9.53 Å². The van der Waals surface area contributed by atoms with Crippen LogP contribution < -0.4 is 5.32 Å². The Morgan fingerprint density at radius 2 is 2.31 bits per heavy atom. The molecular formula is C9H17NO2S. The Balaban J connectivity index is 2.07. The Hall–Kier alpha value is -0.220. The number of thioether (sulfide) groups is 1. The van der Waals surface area contributed by atoms with Gasteiger partial charge in [-0.1, -0.05) is 6.92 Å². The molecule has 13 heavy (non-hydrogen) atoms. The van der Waals surface area contributed by atoms with E-state index >= 15 is 0 Å². The Bertz CT molecular complexity index is 180. The van der Waals surface area contributed by atoms with E-state index in [1.807, 2.05) is 6.26 Å². The first kappa shape index (κ1) is 10.9. The van der Waals surface area contributed by atoms with Gasteiger partial charge in [-0.3, -0.25) is 4.79 Å². The molecule has 0 aromatic carbocycles. The van der Waals surface area contributed by atoms with Crippen molar-refractivity contribution in [3.05, 3.63) is 0 Å². The average molecular weight is 203 g/mol. The van der Waals surface area contributed by atoms with Crippen molar-refractivity contribution in [3.8, 4) is 0 Å². The minimum absolute atomic E-state index is 0.155. The summed E-state index contributed by atoms with van der Waals surface area (Å²) in [6.07, 6.45) is 2.63. The standard InChI is InChI=1S/C9H17NO2S/c1-9(6-12-7-9)5-10-8(11)3-4-13-2/h3-7H2,1-2H3,(H,10,11). The normalized spacial score (nSPS) is 19.2. The molecule has 1 fully saturated rings. The van der Waals surface area contributed by atoms with E-state index in [1.165, 1.54) is 0 Å². The lowest BCUT2D eigenvalue weighted by Crippen LogP contribution is -2.48. The first-order chi connectivity index (χ1) is 6.16. The van der Waals surface area contributed by atoms with Crippen LogP contribution in [0.15, 0.2) is 0 Å². The molecule has 0 aliphatic carbocycles. The van der Waals surface area contributed by atoms with Crippen LogP contribution in [0.3, 0.4) is 0 Å². The number of ether oxygens (including phenoxy) is 1. The van der Waals surface area contributed by atoms with Gasteiger partial charge in [-0.05, 0) is 6.26 Å². The Kier molecular flexibility index (Phi) is 4.06. The summed E-state index contributed by atoms with van der Waals surface area (Å²) < 4.78 is 5.10. The van der Waals surface area contributed by atoms with Crippen molar-refractivity contribution in [2.45, 2.75) is 13.3 Å². The zero-order valence-corrected chi connectivity index (χ0v) is 9.08. The van der Waals surface area contributed by atoms with Gasteiger partial charge in [-0.2, -0.15) is 11.8 Å². The van der Waals surface area contributed by atoms with Gasteiger partial charge in [0.15, 0.2) is 0 Å². The molecule has 1 amide bonds. The quantitative estimate of drug-likeness (QED) is 0.721. The molecule has 4 heteroatoms. The second-order valence-corrected chi connectivity index (χ2v) is 4.81. The molecule has 0 aromatic heterocycles. The summed E-state index contributed by atoms with van der Waals surface area (Å²) in [5, 5.41) is 2.93. The lowest BCUT2D eigenvalue weighted by molar-refractivity contribution is -0.126. The van der Waals surface area contributed by atoms with E-state index < -0.39 is 0 Å². The lowest BCUT2D eigenvalue weighted by atomic mass is 9.89. The molecule has 0 bridgehead atoms. The SMILES string of the molecule is CSCCC(=O)NCC1(C)COC1. The van der Waals surface area contributed by atoms with E-state index in [2.05, 4.69) is 12.2 Å². The van der Waals surface area contributed by atoms with Gasteiger partial charge < -0.3 is 10.1 Å². The Labute approximate surface area is 83.6 Å². The van der Waals surface area contributed by atoms with Gasteiger partial charge in [-0.15, -0.1) is 0 Å². The molecule has 1 rings (SSSR count). The largest absolute Gasteiger partial charge is 0.380 e. The molecule has 0 spiro atoms. The van der Waals surface area contributed by atoms with Crippen molar-refractivity contribution in [1.29, 1.82) is 0 Å². The minimum Gasteiger partial charge on any atom is -0.380 e. The molecule has 1 saturated heterocycles. The molecular weight excluding hydrogens is 186 g/mol. The summed E-state index contributed by atoms with van der Waals surface area (Å²) in [5.41, 5.74) is 0.190. The van der Waals surface area contributed by atoms with Crippen LogP contribution in [0.2, 0.25) is 0 Å². The van der Waals surface area contributed by atoms with Crippen LogP contribution >= 0.6 is 11.8 Å². The number of hydrogen-bond donors (Lipinski definition) is 1. The third-order valence-electron chi connectivity index (χ3n) is 2.15. The molecule has 0 unspecified atom stereocenters. The summed E-state index contributed by atoms with van der Waals surface area (Å²) in [4.78, 5) is 11.2. The zero-order chi connectivity index (χ0) is 9.73. The smallest absolute Gasteiger partial charge is 0.220 e. The third-order valence-corrected chi connectivity index (χ3v) is 2.76. The predicted octanol–water partition coefficient (Wildman–Crippen LogP) is 0.892. The van der Waals surface area contributed by atoms with Crippen LogP contribution in [0.5, 0.6) is 0 Å². The summed E-state index contributed by atoms with van der Waals surface area (Å²) in [7, 11) is 0. The highest BCUT2D eigenvalue weighted by Gasteiger charge is 2.33. The molecule has 0 atom stereocenters. The number of amides is 1. The molecule has 1 aliphatic heterocycles. The van der Waals surface area contributed by atoms with Crippen molar-refractivity contribution >= 4 is 17.7 Å². The monoisotopic (exact) mass is 203 g/mol. The Morgan fingerprint density at radius 1 is 1.62 bits per heavy atom. The average Bonchev–Trinajstić information content (AvgIpc) is 2.08. The lowest BCUT2D eigenvalue weighted by Gasteiger charge is -2.38. The van der Waals surface area contributed by atoms with E-state index in [9.17, 15) is 4.79 Å². The molecule has 0 aromatic rings. The fourth-order valence-corrected chi connectivity index (χ4v) is 1.54. The number of rotatable bonds is 5. The van der Waals surface area contributed by atoms with Gasteiger partial charge in [0.1, 0.15) is 0 Å². The third kappa shape index (κ3) is 3.56. The highest BCUT2D eigenvalue weighted by Crippen LogP contribution is 2.24. The molecule has 1 aliphatic rings. The number of nitrogens with one attached hydrogen (secondary N) is 1. The number of carbonyl (C=O) groups is 1. The molecule has 0 radical (unpaired) electrons. The maximum absolute atomic E-state index is 11.2. The maximum atomic E-state index is 11.2. The molecule has 0 saturated carbocycles. The first-order valence-corrected chi connectivity index (χ1v) is 5.89. The topological polar surface area (TPSA) is 38.3 Å². The second-order valence-electron chi connectivity index (χ2n) is 3.82. The van der Waals surface area contributed by atoms with Gasteiger partial charge in [-0.25, -0.2) is 0 Å². The predicted molar refractivity (Wildman–Crippen MR) is 54.9 cm³/mol. The van der Waals surface area contributed by atoms with Crippen molar-refractivity contribution in [2.24, 2.45) is 5.41 Å². The molecule has 3 nitrogen and oxygen atoms in total. The molecule has 76 valence electrons. The van der Waals surface area contributed by atoms with Crippen LogP contribution in [0.1, 0.15) is 13.3 Å². The van der Waals surface area contributed by atoms with Gasteiger partial charge in [0, 0.05) is 24.1 Å². The highest BCUT2D eigenvalue weighted by molar-refractivity contribution is 7.98. The van der Waals surface area contributed by atoms with Gasteiger partial charge in [0.25, 0.3) is 0 Å². The minimum atomic E-state index is 0.155. The van der Waals surface area contributed by atoms with E-state index in [0.29, 0.717) is 6.42 Å². The van der Waals surface area contributed by atoms with Crippen molar-refractivity contribution in [1.82, 2.24) is 5.32 Å². The van der Waals surface area contributed by atoms with Gasteiger partial charge in [0.05, 0.1) is 13.2 Å². The maximum Gasteiger partial charge on any atom is 0.220 e. The number of hydrogen-bond acceptors (Lipinski definition) is 3. The second kappa shape index (κ2) is 4.86. The zero-order valence-electron chi connectivity index (χ0n) is 8.26. The fourth-order valence-electron chi connectivity index (χ4n) is 1.15. The van der Waals surface area contributed by atoms with Gasteiger partial charge in [0.2, 0.25) is 5.91 Å². The molecule has 1 heterocycles. The van der Waals surface area contributed by atoms with E-state index in [-0.39, 0.29) is 11.3 Å². The number of carbonyl (C=O) groups excluding carboxylic acids is 1. The highest BCUT2D eigenvalue weighted by atomic mass is 32.2. The van der Waals surface area contributed by atoms with Crippen LogP contribution in [-0.2, 0) is 9.53 Å². The fraction of sp³-hybridized carbons (Fsp3) is 0.889. The van der Waals surface area contributed by atoms with Crippen molar-refractivity contribution in [3.63, 3.8) is 0 Å². The van der Waals surface area contributed by atoms with Crippen LogP contribution in [0, 0.1) is 5.41 Å². The van der Waals surface area contributed by atoms with Crippen LogP contribution in [0.4, 0.5) is 0 Å². The van der Waals surface area contributed by atoms with E-state index in [1.54, 1.807) is 11.8 Å². The summed E-state index contributed by atoms with van der Waals surface area (Å²) >= 11 is 1.70. The summed E-state index contributed by atoms with van der Waals surface area (Å²) in [5.74, 6) is 1.06. The summed E-state index contributed by atoms with van der Waals surface area (Å²) in [6.45, 7) is 4.43. The first-order valence-electron chi connectivity index (χ1n) is 4.50. The Morgan fingerprint density at radius 3 is 2.77 bits per heavy atom. The van der Waals surface area contributed by atoms with Crippen LogP contribution in [-0.4, -0.2) is 37.7 Å². The van der Waals surface area contributed by atoms with E-state index in [0.717, 1.165) is 25.5 Å². The van der Waals surface area contributed by atoms with E-state index in [4.69, 9.17) is 4.74 Å². The van der Waals surface area contributed by atoms with Crippen LogP contribution in [0.25, 0.3) is 0 Å². The van der Waals surface area contributed by atoms with Crippen molar-refractivity contribution in [2.75, 3.05) is 31.8 Å².